The van der Waals surface area contributed by atoms with E-state index in [4.69, 9.17) is 9.84 Å². The number of hydrogen-bond acceptors (Lipinski definition) is 4. The summed E-state index contributed by atoms with van der Waals surface area (Å²) in [5.41, 5.74) is -0.672. The molecule has 1 heterocycles. The van der Waals surface area contributed by atoms with Crippen LogP contribution < -0.4 is 9.47 Å². The largest absolute Gasteiger partial charge is 0.573 e. The summed E-state index contributed by atoms with van der Waals surface area (Å²) in [7, 11) is 1.28. The van der Waals surface area contributed by atoms with Crippen LogP contribution in [0.3, 0.4) is 0 Å². The van der Waals surface area contributed by atoms with Gasteiger partial charge >= 0.3 is 12.3 Å². The fraction of sp³-hybridized carbons (Fsp3) is 0.167. The number of aromatic nitrogens is 1. The lowest BCUT2D eigenvalue weighted by Crippen LogP contribution is -2.17. The Morgan fingerprint density at radius 2 is 2.00 bits per heavy atom. The van der Waals surface area contributed by atoms with Gasteiger partial charge in [0, 0.05) is 11.5 Å². The second kappa shape index (κ2) is 4.87. The monoisotopic (exact) mass is 287 g/mol. The van der Waals surface area contributed by atoms with E-state index >= 15 is 0 Å². The number of rotatable bonds is 3. The third-order valence-corrected chi connectivity index (χ3v) is 2.43. The minimum Gasteiger partial charge on any atom is -0.496 e. The first kappa shape index (κ1) is 13.9. The molecule has 0 fully saturated rings. The zero-order valence-corrected chi connectivity index (χ0v) is 10.1. The van der Waals surface area contributed by atoms with Crippen LogP contribution in [-0.4, -0.2) is 29.5 Å². The first-order valence-electron chi connectivity index (χ1n) is 5.28. The van der Waals surface area contributed by atoms with E-state index in [1.165, 1.54) is 19.2 Å². The second-order valence-corrected chi connectivity index (χ2v) is 3.72. The maximum Gasteiger partial charge on any atom is 0.573 e. The number of carbonyl (C=O) groups is 1. The number of alkyl halides is 3. The lowest BCUT2D eigenvalue weighted by atomic mass is 10.1. The molecule has 0 aliphatic rings. The standard InChI is InChI=1S/C12H8F3NO4/c1-19-9-5-7(11(17)18)16-10-6(9)3-2-4-8(10)20-12(13,14)15/h2-5H,1H3,(H,17,18). The third-order valence-electron chi connectivity index (χ3n) is 2.43. The van der Waals surface area contributed by atoms with Crippen molar-refractivity contribution in [1.82, 2.24) is 4.98 Å². The number of pyridine rings is 1. The molecule has 1 N–H and O–H groups in total. The van der Waals surface area contributed by atoms with E-state index in [0.717, 1.165) is 12.1 Å². The summed E-state index contributed by atoms with van der Waals surface area (Å²) in [6, 6.07) is 4.96. The first-order valence-corrected chi connectivity index (χ1v) is 5.28. The van der Waals surface area contributed by atoms with Gasteiger partial charge in [-0.05, 0) is 12.1 Å². The van der Waals surface area contributed by atoms with E-state index in [9.17, 15) is 18.0 Å². The van der Waals surface area contributed by atoms with E-state index in [2.05, 4.69) is 9.72 Å². The highest BCUT2D eigenvalue weighted by Crippen LogP contribution is 2.34. The predicted molar refractivity (Wildman–Crippen MR) is 61.9 cm³/mol. The SMILES string of the molecule is COc1cc(C(=O)O)nc2c(OC(F)(F)F)cccc12. The Kier molecular flexibility index (Phi) is 3.39. The maximum atomic E-state index is 12.3. The number of halogens is 3. The topological polar surface area (TPSA) is 68.7 Å². The number of methoxy groups -OCH3 is 1. The van der Waals surface area contributed by atoms with Crippen LogP contribution in [0.2, 0.25) is 0 Å². The average Bonchev–Trinajstić information content (AvgIpc) is 2.36. The summed E-state index contributed by atoms with van der Waals surface area (Å²) < 4.78 is 45.7. The zero-order valence-electron chi connectivity index (χ0n) is 10.1. The quantitative estimate of drug-likeness (QED) is 0.940. The number of aromatic carboxylic acids is 1. The number of nitrogens with zero attached hydrogens (tertiary/aromatic N) is 1. The minimum absolute atomic E-state index is 0.0972. The summed E-state index contributed by atoms with van der Waals surface area (Å²) in [5.74, 6) is -1.87. The zero-order chi connectivity index (χ0) is 14.9. The van der Waals surface area contributed by atoms with Crippen molar-refractivity contribution in [3.8, 4) is 11.5 Å². The Hall–Kier alpha value is -2.51. The van der Waals surface area contributed by atoms with Crippen LogP contribution in [0.4, 0.5) is 13.2 Å². The molecule has 1 aromatic carbocycles. The minimum atomic E-state index is -4.90. The second-order valence-electron chi connectivity index (χ2n) is 3.72. The molecule has 0 saturated heterocycles. The molecule has 8 heteroatoms. The average molecular weight is 287 g/mol. The summed E-state index contributed by atoms with van der Waals surface area (Å²) in [5, 5.41) is 9.13. The van der Waals surface area contributed by atoms with Crippen LogP contribution in [0.25, 0.3) is 10.9 Å². The molecular formula is C12H8F3NO4. The van der Waals surface area contributed by atoms with E-state index in [1.54, 1.807) is 0 Å². The molecule has 0 aliphatic heterocycles. The van der Waals surface area contributed by atoms with Crippen molar-refractivity contribution in [2.45, 2.75) is 6.36 Å². The fourth-order valence-electron chi connectivity index (χ4n) is 1.68. The lowest BCUT2D eigenvalue weighted by molar-refractivity contribution is -0.274. The van der Waals surface area contributed by atoms with E-state index in [0.29, 0.717) is 0 Å². The normalized spacial score (nSPS) is 11.4. The number of fused-ring (bicyclic) bond motifs is 1. The molecule has 0 unspecified atom stereocenters. The number of para-hydroxylation sites is 1. The van der Waals surface area contributed by atoms with Gasteiger partial charge in [-0.1, -0.05) is 6.07 Å². The summed E-state index contributed by atoms with van der Waals surface area (Å²) in [6.07, 6.45) is -4.90. The van der Waals surface area contributed by atoms with Gasteiger partial charge in [0.2, 0.25) is 0 Å². The number of ether oxygens (including phenoxy) is 2. The number of hydrogen-bond donors (Lipinski definition) is 1. The maximum absolute atomic E-state index is 12.3. The molecule has 20 heavy (non-hydrogen) atoms. The Bertz CT molecular complexity index is 670. The first-order chi connectivity index (χ1) is 9.31. The molecule has 0 spiro atoms. The van der Waals surface area contributed by atoms with E-state index in [-0.39, 0.29) is 16.7 Å². The summed E-state index contributed by atoms with van der Waals surface area (Å²) in [6.45, 7) is 0. The highest BCUT2D eigenvalue weighted by molar-refractivity contribution is 5.95. The van der Waals surface area contributed by atoms with Gasteiger partial charge in [0.1, 0.15) is 11.3 Å². The van der Waals surface area contributed by atoms with Gasteiger partial charge in [0.15, 0.2) is 11.4 Å². The van der Waals surface area contributed by atoms with Crippen molar-refractivity contribution in [3.05, 3.63) is 30.0 Å². The molecule has 0 saturated carbocycles. The molecule has 2 aromatic rings. The Balaban J connectivity index is 2.71. The molecule has 0 amide bonds. The van der Waals surface area contributed by atoms with Crippen LogP contribution in [0, 0.1) is 0 Å². The number of benzene rings is 1. The van der Waals surface area contributed by atoms with Crippen molar-refractivity contribution in [2.75, 3.05) is 7.11 Å². The number of carboxylic acid groups (broad SMARTS) is 1. The predicted octanol–water partition coefficient (Wildman–Crippen LogP) is 2.84. The van der Waals surface area contributed by atoms with Crippen molar-refractivity contribution in [1.29, 1.82) is 0 Å². The fourth-order valence-corrected chi connectivity index (χ4v) is 1.68. The van der Waals surface area contributed by atoms with Gasteiger partial charge in [-0.3, -0.25) is 0 Å². The lowest BCUT2D eigenvalue weighted by Gasteiger charge is -2.12. The van der Waals surface area contributed by atoms with Gasteiger partial charge in [0.05, 0.1) is 7.11 Å². The Labute approximate surface area is 110 Å². The van der Waals surface area contributed by atoms with Crippen molar-refractivity contribution >= 4 is 16.9 Å². The van der Waals surface area contributed by atoms with Gasteiger partial charge in [-0.15, -0.1) is 13.2 Å². The van der Waals surface area contributed by atoms with Crippen LogP contribution in [0.5, 0.6) is 11.5 Å². The Morgan fingerprint density at radius 1 is 1.30 bits per heavy atom. The van der Waals surface area contributed by atoms with Crippen molar-refractivity contribution in [2.24, 2.45) is 0 Å². The number of carboxylic acids is 1. The Morgan fingerprint density at radius 3 is 2.55 bits per heavy atom. The van der Waals surface area contributed by atoms with E-state index in [1.807, 2.05) is 0 Å². The summed E-state index contributed by atoms with van der Waals surface area (Å²) in [4.78, 5) is 14.6. The molecule has 0 bridgehead atoms. The molecule has 106 valence electrons. The molecule has 0 atom stereocenters. The molecule has 5 nitrogen and oxygen atoms in total. The summed E-state index contributed by atoms with van der Waals surface area (Å²) >= 11 is 0. The van der Waals surface area contributed by atoms with Crippen LogP contribution in [0.15, 0.2) is 24.3 Å². The van der Waals surface area contributed by atoms with Crippen LogP contribution in [-0.2, 0) is 0 Å². The third kappa shape index (κ3) is 2.73. The molecule has 0 radical (unpaired) electrons. The van der Waals surface area contributed by atoms with Gasteiger partial charge < -0.3 is 14.6 Å². The van der Waals surface area contributed by atoms with Crippen molar-refractivity contribution < 1.29 is 32.5 Å². The van der Waals surface area contributed by atoms with Crippen LogP contribution in [0.1, 0.15) is 10.5 Å². The molecule has 0 aliphatic carbocycles. The van der Waals surface area contributed by atoms with Gasteiger partial charge in [0.25, 0.3) is 0 Å². The molecular weight excluding hydrogens is 279 g/mol. The smallest absolute Gasteiger partial charge is 0.496 e. The van der Waals surface area contributed by atoms with Crippen molar-refractivity contribution in [3.63, 3.8) is 0 Å². The highest BCUT2D eigenvalue weighted by atomic mass is 19.4. The van der Waals surface area contributed by atoms with E-state index < -0.39 is 23.8 Å². The van der Waals surface area contributed by atoms with Gasteiger partial charge in [-0.2, -0.15) is 0 Å². The molecule has 1 aromatic heterocycles. The highest BCUT2D eigenvalue weighted by Gasteiger charge is 2.32. The van der Waals surface area contributed by atoms with Gasteiger partial charge in [-0.25, -0.2) is 9.78 Å². The van der Waals surface area contributed by atoms with Crippen LogP contribution >= 0.6 is 0 Å². The molecule has 2 rings (SSSR count).